The van der Waals surface area contributed by atoms with E-state index in [1.807, 2.05) is 31.2 Å². The summed E-state index contributed by atoms with van der Waals surface area (Å²) in [5, 5.41) is 0. The molecular weight excluding hydrogens is 256 g/mol. The van der Waals surface area contributed by atoms with E-state index in [0.717, 1.165) is 16.5 Å². The highest BCUT2D eigenvalue weighted by molar-refractivity contribution is 9.10. The number of hydrogen-bond acceptors (Lipinski definition) is 2. The van der Waals surface area contributed by atoms with Crippen molar-refractivity contribution in [1.29, 1.82) is 0 Å². The normalized spacial score (nSPS) is 10.3. The number of hydrogen-bond donors (Lipinski definition) is 0. The van der Waals surface area contributed by atoms with Gasteiger partial charge in [-0.15, -0.1) is 0 Å². The largest absolute Gasteiger partial charge is 0.374 e. The molecule has 1 rings (SSSR count). The summed E-state index contributed by atoms with van der Waals surface area (Å²) in [6.45, 7) is 2.91. The molecule has 2 nitrogen and oxygen atoms in total. The molecule has 0 heterocycles. The van der Waals surface area contributed by atoms with Gasteiger partial charge in [-0.3, -0.25) is 4.79 Å². The topological polar surface area (TPSA) is 26.3 Å². The van der Waals surface area contributed by atoms with Gasteiger partial charge >= 0.3 is 0 Å². The van der Waals surface area contributed by atoms with E-state index < -0.39 is 0 Å². The number of rotatable bonds is 6. The zero-order valence-corrected chi connectivity index (χ0v) is 10.4. The van der Waals surface area contributed by atoms with E-state index >= 15 is 0 Å². The standard InChI is InChI=1S/C12H15BrO2/c1-2-7-15-9-12(14)8-10-3-5-11(13)6-4-10/h3-6H,2,7-9H2,1H3. The molecule has 0 saturated carbocycles. The number of carbonyl (C=O) groups excluding carboxylic acids is 1. The summed E-state index contributed by atoms with van der Waals surface area (Å²) in [6.07, 6.45) is 1.41. The van der Waals surface area contributed by atoms with Crippen molar-refractivity contribution in [2.75, 3.05) is 13.2 Å². The molecule has 0 bridgehead atoms. The van der Waals surface area contributed by atoms with Crippen LogP contribution in [0.4, 0.5) is 0 Å². The molecule has 0 aliphatic rings. The number of ether oxygens (including phenoxy) is 1. The SMILES string of the molecule is CCCOCC(=O)Cc1ccc(Br)cc1. The van der Waals surface area contributed by atoms with Gasteiger partial charge in [0.1, 0.15) is 6.61 Å². The molecule has 0 atom stereocenters. The highest BCUT2D eigenvalue weighted by atomic mass is 79.9. The highest BCUT2D eigenvalue weighted by Crippen LogP contribution is 2.11. The summed E-state index contributed by atoms with van der Waals surface area (Å²) in [7, 11) is 0. The van der Waals surface area contributed by atoms with Crippen LogP contribution < -0.4 is 0 Å². The third-order valence-corrected chi connectivity index (χ3v) is 2.45. The fraction of sp³-hybridized carbons (Fsp3) is 0.417. The van der Waals surface area contributed by atoms with Crippen LogP contribution in [-0.4, -0.2) is 19.0 Å². The Bertz CT molecular complexity index is 306. The molecule has 0 radical (unpaired) electrons. The number of Topliss-reactive ketones (excluding diaryl/α,β-unsaturated/α-hetero) is 1. The van der Waals surface area contributed by atoms with Crippen LogP contribution in [0, 0.1) is 0 Å². The number of benzene rings is 1. The fourth-order valence-corrected chi connectivity index (χ4v) is 1.48. The molecule has 0 spiro atoms. The van der Waals surface area contributed by atoms with Crippen LogP contribution in [-0.2, 0) is 16.0 Å². The molecule has 0 fully saturated rings. The van der Waals surface area contributed by atoms with Gasteiger partial charge in [0.05, 0.1) is 0 Å². The predicted octanol–water partition coefficient (Wildman–Crippen LogP) is 2.99. The Labute approximate surface area is 98.8 Å². The van der Waals surface area contributed by atoms with Gasteiger partial charge in [0.2, 0.25) is 0 Å². The molecule has 0 aliphatic carbocycles. The first-order chi connectivity index (χ1) is 7.22. The summed E-state index contributed by atoms with van der Waals surface area (Å²) in [4.78, 5) is 11.4. The summed E-state index contributed by atoms with van der Waals surface area (Å²) in [6, 6.07) is 7.77. The molecule has 3 heteroatoms. The van der Waals surface area contributed by atoms with Crippen LogP contribution in [0.1, 0.15) is 18.9 Å². The fourth-order valence-electron chi connectivity index (χ4n) is 1.21. The molecule has 0 N–H and O–H groups in total. The van der Waals surface area contributed by atoms with Crippen LogP contribution in [0.25, 0.3) is 0 Å². The van der Waals surface area contributed by atoms with Crippen molar-refractivity contribution in [2.45, 2.75) is 19.8 Å². The van der Waals surface area contributed by atoms with Crippen molar-refractivity contribution in [3.8, 4) is 0 Å². The van der Waals surface area contributed by atoms with Gasteiger partial charge in [-0.1, -0.05) is 35.0 Å². The molecule has 0 unspecified atom stereocenters. The Kier molecular flexibility index (Phi) is 5.58. The van der Waals surface area contributed by atoms with Crippen LogP contribution in [0.15, 0.2) is 28.7 Å². The van der Waals surface area contributed by atoms with Gasteiger partial charge < -0.3 is 4.74 Å². The Morgan fingerprint density at radius 3 is 2.60 bits per heavy atom. The smallest absolute Gasteiger partial charge is 0.162 e. The third kappa shape index (κ3) is 5.09. The predicted molar refractivity (Wildman–Crippen MR) is 64.0 cm³/mol. The van der Waals surface area contributed by atoms with Crippen molar-refractivity contribution in [1.82, 2.24) is 0 Å². The molecule has 1 aromatic rings. The molecular formula is C12H15BrO2. The first kappa shape index (κ1) is 12.4. The van der Waals surface area contributed by atoms with Gasteiger partial charge in [0, 0.05) is 17.5 Å². The second-order valence-electron chi connectivity index (χ2n) is 3.39. The van der Waals surface area contributed by atoms with Crippen molar-refractivity contribution in [2.24, 2.45) is 0 Å². The minimum absolute atomic E-state index is 0.130. The zero-order chi connectivity index (χ0) is 11.1. The number of ketones is 1. The van der Waals surface area contributed by atoms with E-state index in [9.17, 15) is 4.79 Å². The molecule has 82 valence electrons. The summed E-state index contributed by atoms with van der Waals surface area (Å²) in [5.41, 5.74) is 1.03. The average molecular weight is 271 g/mol. The van der Waals surface area contributed by atoms with Crippen LogP contribution in [0.2, 0.25) is 0 Å². The maximum atomic E-state index is 11.4. The van der Waals surface area contributed by atoms with E-state index in [-0.39, 0.29) is 12.4 Å². The number of carbonyl (C=O) groups is 1. The molecule has 0 amide bonds. The van der Waals surface area contributed by atoms with Crippen molar-refractivity contribution in [3.63, 3.8) is 0 Å². The Balaban J connectivity index is 2.34. The third-order valence-electron chi connectivity index (χ3n) is 1.93. The summed E-state index contributed by atoms with van der Waals surface area (Å²) in [5.74, 6) is 0.130. The first-order valence-corrected chi connectivity index (χ1v) is 5.85. The lowest BCUT2D eigenvalue weighted by Crippen LogP contribution is -2.11. The molecule has 1 aromatic carbocycles. The van der Waals surface area contributed by atoms with E-state index in [1.54, 1.807) is 0 Å². The average Bonchev–Trinajstić information content (AvgIpc) is 2.22. The maximum Gasteiger partial charge on any atom is 0.162 e. The highest BCUT2D eigenvalue weighted by Gasteiger charge is 2.03. The van der Waals surface area contributed by atoms with E-state index in [0.29, 0.717) is 13.0 Å². The lowest BCUT2D eigenvalue weighted by molar-refractivity contribution is -0.122. The molecule has 15 heavy (non-hydrogen) atoms. The minimum Gasteiger partial charge on any atom is -0.374 e. The van der Waals surface area contributed by atoms with Crippen molar-refractivity contribution >= 4 is 21.7 Å². The van der Waals surface area contributed by atoms with E-state index in [1.165, 1.54) is 0 Å². The Morgan fingerprint density at radius 1 is 1.33 bits per heavy atom. The first-order valence-electron chi connectivity index (χ1n) is 5.06. The maximum absolute atomic E-state index is 11.4. The van der Waals surface area contributed by atoms with E-state index in [2.05, 4.69) is 15.9 Å². The monoisotopic (exact) mass is 270 g/mol. The summed E-state index contributed by atoms with van der Waals surface area (Å²) >= 11 is 3.35. The summed E-state index contributed by atoms with van der Waals surface area (Å²) < 4.78 is 6.21. The Morgan fingerprint density at radius 2 is 2.00 bits per heavy atom. The van der Waals surface area contributed by atoms with Gasteiger partial charge in [-0.25, -0.2) is 0 Å². The van der Waals surface area contributed by atoms with Crippen LogP contribution in [0.3, 0.4) is 0 Å². The van der Waals surface area contributed by atoms with Gasteiger partial charge in [-0.05, 0) is 24.1 Å². The van der Waals surface area contributed by atoms with Crippen molar-refractivity contribution < 1.29 is 9.53 Å². The minimum atomic E-state index is 0.130. The molecule has 0 aromatic heterocycles. The lowest BCUT2D eigenvalue weighted by atomic mass is 10.1. The van der Waals surface area contributed by atoms with Gasteiger partial charge in [0.25, 0.3) is 0 Å². The quantitative estimate of drug-likeness (QED) is 0.743. The molecule has 0 aliphatic heterocycles. The van der Waals surface area contributed by atoms with Crippen LogP contribution in [0.5, 0.6) is 0 Å². The second kappa shape index (κ2) is 6.75. The second-order valence-corrected chi connectivity index (χ2v) is 4.31. The zero-order valence-electron chi connectivity index (χ0n) is 8.83. The van der Waals surface area contributed by atoms with E-state index in [4.69, 9.17) is 4.74 Å². The van der Waals surface area contributed by atoms with Crippen LogP contribution >= 0.6 is 15.9 Å². The van der Waals surface area contributed by atoms with Gasteiger partial charge in [-0.2, -0.15) is 0 Å². The van der Waals surface area contributed by atoms with Crippen molar-refractivity contribution in [3.05, 3.63) is 34.3 Å². The number of halogens is 1. The molecule has 0 saturated heterocycles. The van der Waals surface area contributed by atoms with Gasteiger partial charge in [0.15, 0.2) is 5.78 Å². The lowest BCUT2D eigenvalue weighted by Gasteiger charge is -2.02. The Hall–Kier alpha value is -0.670.